The molecule has 0 spiro atoms. The van der Waals surface area contributed by atoms with Gasteiger partial charge < -0.3 is 14.8 Å². The molecule has 0 saturated carbocycles. The number of hydrogen-bond donors (Lipinski definition) is 2. The summed E-state index contributed by atoms with van der Waals surface area (Å²) in [4.78, 5) is 8.07. The van der Waals surface area contributed by atoms with Crippen LogP contribution in [0.2, 0.25) is 0 Å². The Morgan fingerprint density at radius 1 is 1.38 bits per heavy atom. The first-order valence-corrected chi connectivity index (χ1v) is 4.97. The molecule has 0 aromatic carbocycles. The highest BCUT2D eigenvalue weighted by Gasteiger charge is 2.07. The fourth-order valence-electron chi connectivity index (χ4n) is 1.37. The Balaban J connectivity index is 2.15. The monoisotopic (exact) mass is 219 g/mol. The van der Waals surface area contributed by atoms with Gasteiger partial charge in [-0.25, -0.2) is 4.98 Å². The first kappa shape index (κ1) is 10.5. The lowest BCUT2D eigenvalue weighted by Gasteiger charge is -2.08. The highest BCUT2D eigenvalue weighted by molar-refractivity contribution is 5.47. The van der Waals surface area contributed by atoms with Gasteiger partial charge in [0.05, 0.1) is 18.4 Å². The zero-order valence-electron chi connectivity index (χ0n) is 9.19. The van der Waals surface area contributed by atoms with E-state index in [-0.39, 0.29) is 5.88 Å². The van der Waals surface area contributed by atoms with Crippen molar-refractivity contribution in [3.8, 4) is 5.88 Å². The molecule has 0 aliphatic rings. The first-order valence-electron chi connectivity index (χ1n) is 4.97. The largest absolute Gasteiger partial charge is 0.493 e. The third-order valence-electron chi connectivity index (χ3n) is 2.24. The molecule has 2 rings (SSSR count). The average Bonchev–Trinajstić information content (AvgIpc) is 2.74. The molecule has 2 aromatic heterocycles. The molecule has 0 radical (unpaired) electrons. The van der Waals surface area contributed by atoms with Crippen LogP contribution in [-0.2, 0) is 6.54 Å². The number of aromatic nitrogens is 2. The van der Waals surface area contributed by atoms with Crippen LogP contribution in [0, 0.1) is 13.8 Å². The van der Waals surface area contributed by atoms with Crippen molar-refractivity contribution in [2.45, 2.75) is 20.4 Å². The summed E-state index contributed by atoms with van der Waals surface area (Å²) in [5, 5.41) is 12.6. The van der Waals surface area contributed by atoms with Crippen molar-refractivity contribution < 1.29 is 9.52 Å². The van der Waals surface area contributed by atoms with Gasteiger partial charge in [0.2, 0.25) is 5.88 Å². The molecule has 2 N–H and O–H groups in total. The lowest BCUT2D eigenvalue weighted by molar-refractivity contribution is 0.446. The molecule has 2 aromatic rings. The van der Waals surface area contributed by atoms with Crippen LogP contribution in [0.1, 0.15) is 17.1 Å². The Labute approximate surface area is 93.2 Å². The van der Waals surface area contributed by atoms with Crippen molar-refractivity contribution in [1.29, 1.82) is 0 Å². The van der Waals surface area contributed by atoms with E-state index < -0.39 is 0 Å². The molecule has 0 fully saturated rings. The lowest BCUT2D eigenvalue weighted by Crippen LogP contribution is -2.04. The highest BCUT2D eigenvalue weighted by Crippen LogP contribution is 2.20. The topological polar surface area (TPSA) is 71.2 Å². The van der Waals surface area contributed by atoms with Crippen molar-refractivity contribution >= 4 is 5.82 Å². The fraction of sp³-hybridized carbons (Fsp3) is 0.273. The summed E-state index contributed by atoms with van der Waals surface area (Å²) in [6.07, 6.45) is 1.62. The van der Waals surface area contributed by atoms with Crippen LogP contribution in [0.25, 0.3) is 0 Å². The number of hydrogen-bond acceptors (Lipinski definition) is 5. The quantitative estimate of drug-likeness (QED) is 0.826. The van der Waals surface area contributed by atoms with Crippen LogP contribution in [-0.4, -0.2) is 15.1 Å². The summed E-state index contributed by atoms with van der Waals surface area (Å²) >= 11 is 0. The van der Waals surface area contributed by atoms with Gasteiger partial charge in [-0.15, -0.1) is 0 Å². The number of furan rings is 1. The highest BCUT2D eigenvalue weighted by atomic mass is 16.3. The number of aryl methyl sites for hydroxylation is 1. The number of nitrogens with zero attached hydrogens (tertiary/aromatic N) is 2. The summed E-state index contributed by atoms with van der Waals surface area (Å²) < 4.78 is 5.19. The zero-order chi connectivity index (χ0) is 11.5. The molecular formula is C11H13N3O2. The van der Waals surface area contributed by atoms with Gasteiger partial charge in [-0.3, -0.25) is 0 Å². The minimum Gasteiger partial charge on any atom is -0.493 e. The Morgan fingerprint density at radius 2 is 2.19 bits per heavy atom. The van der Waals surface area contributed by atoms with Gasteiger partial charge in [0.25, 0.3) is 0 Å². The van der Waals surface area contributed by atoms with Crippen LogP contribution in [0.3, 0.4) is 0 Å². The van der Waals surface area contributed by atoms with Crippen molar-refractivity contribution in [2.24, 2.45) is 0 Å². The molecule has 0 bridgehead atoms. The minimum absolute atomic E-state index is 0.00875. The van der Waals surface area contributed by atoms with E-state index in [9.17, 15) is 5.11 Å². The van der Waals surface area contributed by atoms with Gasteiger partial charge in [-0.05, 0) is 26.0 Å². The maximum atomic E-state index is 9.52. The smallest absolute Gasteiger partial charge is 0.219 e. The van der Waals surface area contributed by atoms with Gasteiger partial charge in [0.15, 0.2) is 0 Å². The second kappa shape index (κ2) is 4.22. The van der Waals surface area contributed by atoms with Gasteiger partial charge in [-0.2, -0.15) is 4.98 Å². The zero-order valence-corrected chi connectivity index (χ0v) is 9.19. The van der Waals surface area contributed by atoms with Crippen molar-refractivity contribution in [3.63, 3.8) is 0 Å². The minimum atomic E-state index is 0.00875. The van der Waals surface area contributed by atoms with Crippen LogP contribution < -0.4 is 5.32 Å². The molecular weight excluding hydrogens is 206 g/mol. The second-order valence-electron chi connectivity index (χ2n) is 3.50. The molecule has 0 saturated heterocycles. The number of rotatable bonds is 3. The summed E-state index contributed by atoms with van der Waals surface area (Å²) in [6, 6.07) is 3.70. The number of anilines is 1. The molecule has 84 valence electrons. The average molecular weight is 219 g/mol. The summed E-state index contributed by atoms with van der Waals surface area (Å²) in [7, 11) is 0. The number of nitrogens with one attached hydrogen (secondary N) is 1. The Morgan fingerprint density at radius 3 is 2.88 bits per heavy atom. The van der Waals surface area contributed by atoms with E-state index in [0.29, 0.717) is 23.8 Å². The summed E-state index contributed by atoms with van der Waals surface area (Å²) in [6.45, 7) is 4.03. The van der Waals surface area contributed by atoms with Crippen molar-refractivity contribution in [1.82, 2.24) is 9.97 Å². The molecule has 0 amide bonds. The third-order valence-corrected chi connectivity index (χ3v) is 2.24. The Kier molecular flexibility index (Phi) is 2.76. The molecule has 5 heteroatoms. The molecule has 2 heterocycles. The molecule has 5 nitrogen and oxygen atoms in total. The molecule has 16 heavy (non-hydrogen) atoms. The van der Waals surface area contributed by atoms with Crippen LogP contribution in [0.15, 0.2) is 22.8 Å². The van der Waals surface area contributed by atoms with Crippen LogP contribution in [0.5, 0.6) is 5.88 Å². The maximum absolute atomic E-state index is 9.52. The molecule has 0 unspecified atom stereocenters. The van der Waals surface area contributed by atoms with E-state index in [1.807, 2.05) is 12.1 Å². The lowest BCUT2D eigenvalue weighted by atomic mass is 10.3. The van der Waals surface area contributed by atoms with E-state index >= 15 is 0 Å². The van der Waals surface area contributed by atoms with E-state index in [2.05, 4.69) is 15.3 Å². The van der Waals surface area contributed by atoms with Crippen molar-refractivity contribution in [2.75, 3.05) is 5.32 Å². The number of aromatic hydroxyl groups is 1. The predicted octanol–water partition coefficient (Wildman–Crippen LogP) is 2.00. The van der Waals surface area contributed by atoms with Gasteiger partial charge in [-0.1, -0.05) is 0 Å². The van der Waals surface area contributed by atoms with Crippen LogP contribution >= 0.6 is 0 Å². The molecule has 0 aliphatic carbocycles. The standard InChI is InChI=1S/C11H13N3O2/c1-7-10(13-8(2)14-11(7)15)12-6-9-4-3-5-16-9/h3-5H,6H2,1-2H3,(H2,12,13,14,15). The van der Waals surface area contributed by atoms with Gasteiger partial charge >= 0.3 is 0 Å². The Hall–Kier alpha value is -2.04. The van der Waals surface area contributed by atoms with Gasteiger partial charge in [0.1, 0.15) is 17.4 Å². The normalized spacial score (nSPS) is 10.4. The predicted molar refractivity (Wildman–Crippen MR) is 59.2 cm³/mol. The molecule has 0 aliphatic heterocycles. The summed E-state index contributed by atoms with van der Waals surface area (Å²) in [5.74, 6) is 1.98. The summed E-state index contributed by atoms with van der Waals surface area (Å²) in [5.41, 5.74) is 0.636. The van der Waals surface area contributed by atoms with Crippen LogP contribution in [0.4, 0.5) is 5.82 Å². The first-order chi connectivity index (χ1) is 7.66. The fourth-order valence-corrected chi connectivity index (χ4v) is 1.37. The molecule has 0 atom stereocenters. The van der Waals surface area contributed by atoms with Crippen molar-refractivity contribution in [3.05, 3.63) is 35.5 Å². The van der Waals surface area contributed by atoms with E-state index in [0.717, 1.165) is 5.76 Å². The van der Waals surface area contributed by atoms with Gasteiger partial charge in [0, 0.05) is 0 Å². The van der Waals surface area contributed by atoms with E-state index in [1.54, 1.807) is 20.1 Å². The Bertz CT molecular complexity index is 480. The third kappa shape index (κ3) is 2.13. The van der Waals surface area contributed by atoms with E-state index in [1.165, 1.54) is 0 Å². The van der Waals surface area contributed by atoms with E-state index in [4.69, 9.17) is 4.42 Å². The SMILES string of the molecule is Cc1nc(O)c(C)c(NCc2ccco2)n1. The second-order valence-corrected chi connectivity index (χ2v) is 3.50. The maximum Gasteiger partial charge on any atom is 0.219 e.